The number of ether oxygens (including phenoxy) is 1. The molecule has 37 heavy (non-hydrogen) atoms. The van der Waals surface area contributed by atoms with Gasteiger partial charge in [0.1, 0.15) is 17.8 Å². The van der Waals surface area contributed by atoms with E-state index in [1.165, 1.54) is 11.8 Å². The van der Waals surface area contributed by atoms with E-state index in [4.69, 9.17) is 4.74 Å². The first kappa shape index (κ1) is 29.6. The van der Waals surface area contributed by atoms with Crippen LogP contribution in [0.5, 0.6) is 5.75 Å². The molecule has 0 radical (unpaired) electrons. The van der Waals surface area contributed by atoms with Gasteiger partial charge < -0.3 is 30.9 Å². The van der Waals surface area contributed by atoms with E-state index in [0.29, 0.717) is 18.6 Å². The lowest BCUT2D eigenvalue weighted by molar-refractivity contribution is -0.136. The van der Waals surface area contributed by atoms with Crippen molar-refractivity contribution in [2.24, 2.45) is 5.92 Å². The first-order valence-corrected chi connectivity index (χ1v) is 12.6. The third-order valence-electron chi connectivity index (χ3n) is 5.79. The molecular weight excluding hydrogens is 478 g/mol. The Bertz CT molecular complexity index is 949. The third kappa shape index (κ3) is 10.9. The quantitative estimate of drug-likeness (QED) is 0.419. The number of rotatable bonds is 3. The molecule has 0 saturated carbocycles. The highest BCUT2D eigenvalue weighted by atomic mass is 16.5. The molecular formula is C26H39N5O6. The molecule has 2 atom stereocenters. The normalized spacial score (nSPS) is 21.2. The summed E-state index contributed by atoms with van der Waals surface area (Å²) in [6, 6.07) is 5.44. The minimum absolute atomic E-state index is 0.133. The minimum Gasteiger partial charge on any atom is -0.484 e. The molecule has 2 aliphatic rings. The average Bonchev–Trinajstić information content (AvgIpc) is 2.83. The number of nitrogens with zero attached hydrogens (tertiary/aromatic N) is 1. The maximum atomic E-state index is 13.0. The van der Waals surface area contributed by atoms with Gasteiger partial charge in [-0.05, 0) is 36.5 Å². The summed E-state index contributed by atoms with van der Waals surface area (Å²) in [6.45, 7) is 5.86. The smallest absolute Gasteiger partial charge is 0.258 e. The van der Waals surface area contributed by atoms with Crippen molar-refractivity contribution in [2.45, 2.75) is 58.5 Å². The van der Waals surface area contributed by atoms with Crippen molar-refractivity contribution >= 4 is 29.5 Å². The van der Waals surface area contributed by atoms with E-state index in [0.717, 1.165) is 5.56 Å². The van der Waals surface area contributed by atoms with Crippen LogP contribution in [0.4, 0.5) is 0 Å². The van der Waals surface area contributed by atoms with E-state index in [1.807, 2.05) is 13.8 Å². The number of fused-ring (bicyclic) bond motifs is 19. The second-order valence-corrected chi connectivity index (χ2v) is 9.64. The van der Waals surface area contributed by atoms with Gasteiger partial charge in [-0.3, -0.25) is 24.0 Å². The van der Waals surface area contributed by atoms with E-state index >= 15 is 0 Å². The van der Waals surface area contributed by atoms with E-state index in [1.54, 1.807) is 31.3 Å². The van der Waals surface area contributed by atoms with Crippen LogP contribution >= 0.6 is 0 Å². The molecule has 5 amide bonds. The van der Waals surface area contributed by atoms with Crippen LogP contribution in [0.25, 0.3) is 0 Å². The van der Waals surface area contributed by atoms with Gasteiger partial charge >= 0.3 is 0 Å². The molecule has 2 heterocycles. The van der Waals surface area contributed by atoms with Crippen LogP contribution in [0.1, 0.15) is 45.6 Å². The number of carbonyl (C=O) groups is 5. The van der Waals surface area contributed by atoms with Crippen molar-refractivity contribution in [2.75, 3.05) is 33.3 Å². The summed E-state index contributed by atoms with van der Waals surface area (Å²) in [5.74, 6) is -0.879. The highest BCUT2D eigenvalue weighted by molar-refractivity contribution is 5.88. The topological polar surface area (TPSA) is 146 Å². The third-order valence-corrected chi connectivity index (χ3v) is 5.79. The SMILES string of the molecule is CC(=O)N[C@H]1Cc2ccc(cc2)OCC(=O)NCCN(C)C(=O)[C@H](CC(C)C)NC(=O)CCCNC1=O. The Morgan fingerprint density at radius 2 is 1.78 bits per heavy atom. The van der Waals surface area contributed by atoms with Crippen LogP contribution in [0, 0.1) is 5.92 Å². The molecule has 1 aromatic carbocycles. The minimum atomic E-state index is -0.787. The first-order valence-electron chi connectivity index (χ1n) is 12.6. The molecule has 11 heteroatoms. The fraction of sp³-hybridized carbons (Fsp3) is 0.577. The first-order chi connectivity index (χ1) is 17.5. The zero-order chi connectivity index (χ0) is 27.4. The Labute approximate surface area is 218 Å². The van der Waals surface area contributed by atoms with Crippen LogP contribution in [0.3, 0.4) is 0 Å². The number of benzene rings is 1. The molecule has 4 N–H and O–H groups in total. The molecule has 2 aliphatic heterocycles. The molecule has 3 rings (SSSR count). The highest BCUT2D eigenvalue weighted by Gasteiger charge is 2.25. The molecule has 0 fully saturated rings. The molecule has 0 aromatic heterocycles. The largest absolute Gasteiger partial charge is 0.484 e. The van der Waals surface area contributed by atoms with E-state index in [2.05, 4.69) is 21.3 Å². The van der Waals surface area contributed by atoms with E-state index in [9.17, 15) is 24.0 Å². The Morgan fingerprint density at radius 1 is 1.08 bits per heavy atom. The lowest BCUT2D eigenvalue weighted by Gasteiger charge is -2.26. The van der Waals surface area contributed by atoms with Crippen molar-refractivity contribution in [3.05, 3.63) is 29.8 Å². The maximum absolute atomic E-state index is 13.0. The second kappa shape index (κ2) is 14.8. The second-order valence-electron chi connectivity index (χ2n) is 9.64. The van der Waals surface area contributed by atoms with Gasteiger partial charge in [0.25, 0.3) is 5.91 Å². The molecule has 1 aromatic rings. The molecule has 2 bridgehead atoms. The lowest BCUT2D eigenvalue weighted by atomic mass is 10.0. The van der Waals surface area contributed by atoms with Gasteiger partial charge in [-0.2, -0.15) is 0 Å². The molecule has 0 unspecified atom stereocenters. The number of amides is 5. The summed E-state index contributed by atoms with van der Waals surface area (Å²) in [5, 5.41) is 11.0. The summed E-state index contributed by atoms with van der Waals surface area (Å²) in [4.78, 5) is 63.6. The van der Waals surface area contributed by atoms with Crippen molar-refractivity contribution in [3.8, 4) is 5.75 Å². The molecule has 11 nitrogen and oxygen atoms in total. The Kier molecular flexibility index (Phi) is 11.9. The van der Waals surface area contributed by atoms with Crippen LogP contribution < -0.4 is 26.0 Å². The van der Waals surface area contributed by atoms with Gasteiger partial charge in [-0.1, -0.05) is 26.0 Å². The lowest BCUT2D eigenvalue weighted by Crippen LogP contribution is -2.49. The molecule has 0 aliphatic carbocycles. The van der Waals surface area contributed by atoms with Gasteiger partial charge in [-0.25, -0.2) is 0 Å². The van der Waals surface area contributed by atoms with Crippen molar-refractivity contribution in [1.29, 1.82) is 0 Å². The summed E-state index contributed by atoms with van der Waals surface area (Å²) in [7, 11) is 1.63. The zero-order valence-electron chi connectivity index (χ0n) is 22.1. The Hall–Kier alpha value is -3.63. The van der Waals surface area contributed by atoms with Gasteiger partial charge in [0, 0.05) is 46.4 Å². The summed E-state index contributed by atoms with van der Waals surface area (Å²) in [5.41, 5.74) is 0.802. The number of carbonyl (C=O) groups excluding carboxylic acids is 5. The summed E-state index contributed by atoms with van der Waals surface area (Å²) in [6.07, 6.45) is 1.25. The van der Waals surface area contributed by atoms with E-state index in [-0.39, 0.29) is 74.5 Å². The standard InChI is InChI=1S/C26H39N5O6/c1-17(2)14-22-26(36)31(4)13-12-27-24(34)16-37-20-9-7-19(8-10-20)15-21(29-18(3)32)25(35)28-11-5-6-23(33)30-22/h7-10,17,21-22H,5-6,11-16H2,1-4H3,(H,27,34)(H,28,35)(H,29,32)(H,30,33)/t21-,22-/m0/s1. The average molecular weight is 518 g/mol. The molecule has 0 saturated heterocycles. The highest BCUT2D eigenvalue weighted by Crippen LogP contribution is 2.14. The predicted octanol–water partition coefficient (Wildman–Crippen LogP) is 0.128. The van der Waals surface area contributed by atoms with Crippen LogP contribution in [-0.4, -0.2) is 79.8 Å². The van der Waals surface area contributed by atoms with Crippen molar-refractivity contribution < 1.29 is 28.7 Å². The van der Waals surface area contributed by atoms with Crippen molar-refractivity contribution in [3.63, 3.8) is 0 Å². The van der Waals surface area contributed by atoms with Crippen molar-refractivity contribution in [1.82, 2.24) is 26.2 Å². The number of hydrogen-bond donors (Lipinski definition) is 4. The van der Waals surface area contributed by atoms with Gasteiger partial charge in [0.2, 0.25) is 23.6 Å². The molecule has 204 valence electrons. The number of nitrogens with one attached hydrogen (secondary N) is 4. The van der Waals surface area contributed by atoms with Gasteiger partial charge in [-0.15, -0.1) is 0 Å². The molecule has 0 spiro atoms. The number of hydrogen-bond acceptors (Lipinski definition) is 6. The predicted molar refractivity (Wildman–Crippen MR) is 138 cm³/mol. The maximum Gasteiger partial charge on any atom is 0.258 e. The summed E-state index contributed by atoms with van der Waals surface area (Å²) >= 11 is 0. The Morgan fingerprint density at radius 3 is 2.43 bits per heavy atom. The number of likely N-dealkylation sites (N-methyl/N-ethyl adjacent to an activating group) is 1. The zero-order valence-corrected chi connectivity index (χ0v) is 22.1. The summed E-state index contributed by atoms with van der Waals surface area (Å²) < 4.78 is 5.53. The van der Waals surface area contributed by atoms with Gasteiger partial charge in [0.05, 0.1) is 0 Å². The fourth-order valence-electron chi connectivity index (χ4n) is 3.89. The van der Waals surface area contributed by atoms with Gasteiger partial charge in [0.15, 0.2) is 6.61 Å². The van der Waals surface area contributed by atoms with E-state index < -0.39 is 12.1 Å². The monoisotopic (exact) mass is 517 g/mol. The van der Waals surface area contributed by atoms with Crippen LogP contribution in [0.2, 0.25) is 0 Å². The fourth-order valence-corrected chi connectivity index (χ4v) is 3.89. The van der Waals surface area contributed by atoms with Crippen LogP contribution in [-0.2, 0) is 30.4 Å². The van der Waals surface area contributed by atoms with Crippen LogP contribution in [0.15, 0.2) is 24.3 Å². The Balaban J connectivity index is 2.15.